The summed E-state index contributed by atoms with van der Waals surface area (Å²) in [6.45, 7) is 3.86. The van der Waals surface area contributed by atoms with Gasteiger partial charge in [0.1, 0.15) is 5.75 Å². The normalized spacial score (nSPS) is 10.7. The van der Waals surface area contributed by atoms with Crippen LogP contribution >= 0.6 is 23.4 Å². The number of benzene rings is 2. The van der Waals surface area contributed by atoms with Crippen molar-refractivity contribution in [1.82, 2.24) is 20.2 Å². The summed E-state index contributed by atoms with van der Waals surface area (Å²) in [6, 6.07) is 11.3. The van der Waals surface area contributed by atoms with Gasteiger partial charge in [0.2, 0.25) is 11.1 Å². The number of ether oxygens (including phenoxy) is 1. The van der Waals surface area contributed by atoms with Gasteiger partial charge in [0.15, 0.2) is 0 Å². The van der Waals surface area contributed by atoms with Crippen molar-refractivity contribution in [3.05, 3.63) is 52.5 Å². The SMILES string of the molecule is COc1cc(Cl)c(C)cc1NC(=O)CSc1nnnn1-c1cccc(C)c1. The van der Waals surface area contributed by atoms with Gasteiger partial charge in [0, 0.05) is 11.1 Å². The number of thioether (sulfide) groups is 1. The summed E-state index contributed by atoms with van der Waals surface area (Å²) in [5.74, 6) is 0.462. The van der Waals surface area contributed by atoms with Crippen LogP contribution in [0.25, 0.3) is 5.69 Å². The molecule has 0 spiro atoms. The molecule has 9 heteroatoms. The van der Waals surface area contributed by atoms with E-state index in [-0.39, 0.29) is 11.7 Å². The number of halogens is 1. The van der Waals surface area contributed by atoms with Gasteiger partial charge in [-0.1, -0.05) is 35.5 Å². The van der Waals surface area contributed by atoms with Crippen LogP contribution in [0.15, 0.2) is 41.6 Å². The van der Waals surface area contributed by atoms with Crippen LogP contribution in [0, 0.1) is 13.8 Å². The smallest absolute Gasteiger partial charge is 0.234 e. The fraction of sp³-hybridized carbons (Fsp3) is 0.222. The molecule has 0 aliphatic rings. The zero-order valence-electron chi connectivity index (χ0n) is 15.1. The van der Waals surface area contributed by atoms with Gasteiger partial charge in [0.05, 0.1) is 24.2 Å². The van der Waals surface area contributed by atoms with Crippen LogP contribution in [-0.4, -0.2) is 39.0 Å². The predicted octanol–water partition coefficient (Wildman–Crippen LogP) is 3.67. The van der Waals surface area contributed by atoms with Crippen molar-refractivity contribution in [1.29, 1.82) is 0 Å². The van der Waals surface area contributed by atoms with E-state index in [1.165, 1.54) is 18.9 Å². The lowest BCUT2D eigenvalue weighted by Crippen LogP contribution is -2.15. The first-order valence-corrected chi connectivity index (χ1v) is 9.46. The maximum atomic E-state index is 12.4. The van der Waals surface area contributed by atoms with E-state index in [9.17, 15) is 4.79 Å². The van der Waals surface area contributed by atoms with Crippen LogP contribution in [0.2, 0.25) is 5.02 Å². The zero-order valence-corrected chi connectivity index (χ0v) is 16.6. The molecule has 3 aromatic rings. The highest BCUT2D eigenvalue weighted by atomic mass is 35.5. The number of carbonyl (C=O) groups is 1. The summed E-state index contributed by atoms with van der Waals surface area (Å²) in [5, 5.41) is 15.7. The Hall–Kier alpha value is -2.58. The summed E-state index contributed by atoms with van der Waals surface area (Å²) in [4.78, 5) is 12.4. The lowest BCUT2D eigenvalue weighted by atomic mass is 10.2. The maximum absolute atomic E-state index is 12.4. The topological polar surface area (TPSA) is 81.9 Å². The lowest BCUT2D eigenvalue weighted by molar-refractivity contribution is -0.113. The third-order valence-corrected chi connectivity index (χ3v) is 5.10. The number of anilines is 1. The lowest BCUT2D eigenvalue weighted by Gasteiger charge is -2.12. The van der Waals surface area contributed by atoms with Crippen LogP contribution in [0.4, 0.5) is 5.69 Å². The second kappa shape index (κ2) is 8.41. The van der Waals surface area contributed by atoms with Gasteiger partial charge in [-0.05, 0) is 53.6 Å². The Labute approximate surface area is 166 Å². The summed E-state index contributed by atoms with van der Waals surface area (Å²) in [6.07, 6.45) is 0. The Bertz CT molecular complexity index is 976. The Morgan fingerprint density at radius 2 is 2.11 bits per heavy atom. The Balaban J connectivity index is 1.69. The molecular weight excluding hydrogens is 386 g/mol. The van der Waals surface area contributed by atoms with E-state index in [1.807, 2.05) is 38.1 Å². The molecule has 0 radical (unpaired) electrons. The number of aryl methyl sites for hydroxylation is 2. The standard InChI is InChI=1S/C18H18ClN5O2S/c1-11-5-4-6-13(7-11)24-18(21-22-23-24)27-10-17(25)20-15-8-12(2)14(19)9-16(15)26-3/h4-9H,10H2,1-3H3,(H,20,25). The molecule has 2 aromatic carbocycles. The Morgan fingerprint density at radius 3 is 2.85 bits per heavy atom. The fourth-order valence-corrected chi connectivity index (χ4v) is 3.28. The zero-order chi connectivity index (χ0) is 19.4. The molecule has 27 heavy (non-hydrogen) atoms. The number of tetrazole rings is 1. The first-order chi connectivity index (χ1) is 13.0. The molecular formula is C18H18ClN5O2S. The molecule has 0 aliphatic heterocycles. The van der Waals surface area contributed by atoms with E-state index in [0.29, 0.717) is 21.6 Å². The number of hydrogen-bond donors (Lipinski definition) is 1. The molecule has 3 rings (SSSR count). The van der Waals surface area contributed by atoms with Crippen molar-refractivity contribution >= 4 is 35.0 Å². The molecule has 0 saturated carbocycles. The van der Waals surface area contributed by atoms with E-state index < -0.39 is 0 Å². The molecule has 0 unspecified atom stereocenters. The van der Waals surface area contributed by atoms with Crippen molar-refractivity contribution in [2.24, 2.45) is 0 Å². The molecule has 0 atom stereocenters. The van der Waals surface area contributed by atoms with E-state index in [2.05, 4.69) is 20.8 Å². The van der Waals surface area contributed by atoms with Gasteiger partial charge in [-0.3, -0.25) is 4.79 Å². The van der Waals surface area contributed by atoms with Crippen molar-refractivity contribution in [2.45, 2.75) is 19.0 Å². The minimum absolute atomic E-state index is 0.150. The van der Waals surface area contributed by atoms with Gasteiger partial charge >= 0.3 is 0 Å². The molecule has 1 N–H and O–H groups in total. The molecule has 140 valence electrons. The molecule has 7 nitrogen and oxygen atoms in total. The molecule has 1 amide bonds. The van der Waals surface area contributed by atoms with E-state index >= 15 is 0 Å². The average Bonchev–Trinajstić information content (AvgIpc) is 3.11. The summed E-state index contributed by atoms with van der Waals surface area (Å²) in [7, 11) is 1.53. The van der Waals surface area contributed by atoms with Gasteiger partial charge in [-0.15, -0.1) is 5.10 Å². The van der Waals surface area contributed by atoms with Crippen molar-refractivity contribution < 1.29 is 9.53 Å². The number of aromatic nitrogens is 4. The summed E-state index contributed by atoms with van der Waals surface area (Å²) < 4.78 is 6.89. The molecule has 0 saturated heterocycles. The summed E-state index contributed by atoms with van der Waals surface area (Å²) >= 11 is 7.35. The predicted molar refractivity (Wildman–Crippen MR) is 106 cm³/mol. The first-order valence-electron chi connectivity index (χ1n) is 8.10. The van der Waals surface area contributed by atoms with Gasteiger partial charge < -0.3 is 10.1 Å². The fourth-order valence-electron chi connectivity index (χ4n) is 2.44. The van der Waals surface area contributed by atoms with Crippen LogP contribution < -0.4 is 10.1 Å². The number of amides is 1. The molecule has 0 bridgehead atoms. The number of hydrogen-bond acceptors (Lipinski definition) is 6. The second-order valence-electron chi connectivity index (χ2n) is 5.85. The van der Waals surface area contributed by atoms with E-state index in [0.717, 1.165) is 16.8 Å². The maximum Gasteiger partial charge on any atom is 0.234 e. The van der Waals surface area contributed by atoms with Gasteiger partial charge in [-0.2, -0.15) is 4.68 Å². The van der Waals surface area contributed by atoms with Crippen molar-refractivity contribution in [3.63, 3.8) is 0 Å². The number of nitrogens with zero attached hydrogens (tertiary/aromatic N) is 4. The highest BCUT2D eigenvalue weighted by Gasteiger charge is 2.14. The molecule has 0 aliphatic carbocycles. The van der Waals surface area contributed by atoms with Gasteiger partial charge in [-0.25, -0.2) is 0 Å². The van der Waals surface area contributed by atoms with Crippen molar-refractivity contribution in [3.8, 4) is 11.4 Å². The quantitative estimate of drug-likeness (QED) is 0.632. The van der Waals surface area contributed by atoms with Crippen molar-refractivity contribution in [2.75, 3.05) is 18.2 Å². The van der Waals surface area contributed by atoms with Gasteiger partial charge in [0.25, 0.3) is 0 Å². The molecule has 1 aromatic heterocycles. The summed E-state index contributed by atoms with van der Waals surface area (Å²) in [5.41, 5.74) is 3.37. The first kappa shape index (κ1) is 19.2. The largest absolute Gasteiger partial charge is 0.495 e. The van der Waals surface area contributed by atoms with Crippen LogP contribution in [-0.2, 0) is 4.79 Å². The number of nitrogens with one attached hydrogen (secondary N) is 1. The molecule has 1 heterocycles. The minimum Gasteiger partial charge on any atom is -0.495 e. The third kappa shape index (κ3) is 4.58. The highest BCUT2D eigenvalue weighted by Crippen LogP contribution is 2.31. The van der Waals surface area contributed by atoms with E-state index in [1.54, 1.807) is 16.8 Å². The number of rotatable bonds is 6. The Morgan fingerprint density at radius 1 is 1.30 bits per heavy atom. The Kier molecular flexibility index (Phi) is 5.98. The second-order valence-corrected chi connectivity index (χ2v) is 7.20. The van der Waals surface area contributed by atoms with Crippen LogP contribution in [0.5, 0.6) is 5.75 Å². The average molecular weight is 404 g/mol. The number of methoxy groups -OCH3 is 1. The number of carbonyl (C=O) groups excluding carboxylic acids is 1. The monoisotopic (exact) mass is 403 g/mol. The third-order valence-electron chi connectivity index (χ3n) is 3.77. The highest BCUT2D eigenvalue weighted by molar-refractivity contribution is 7.99. The van der Waals surface area contributed by atoms with Crippen LogP contribution in [0.3, 0.4) is 0 Å². The molecule has 0 fully saturated rings. The van der Waals surface area contributed by atoms with E-state index in [4.69, 9.17) is 16.3 Å². The van der Waals surface area contributed by atoms with Crippen LogP contribution in [0.1, 0.15) is 11.1 Å². The minimum atomic E-state index is -0.196.